The molecule has 0 aliphatic carbocycles. The Kier molecular flexibility index (Phi) is 6.15. The van der Waals surface area contributed by atoms with Gasteiger partial charge in [0.05, 0.1) is 43.4 Å². The van der Waals surface area contributed by atoms with Crippen LogP contribution >= 0.6 is 0 Å². The van der Waals surface area contributed by atoms with Crippen molar-refractivity contribution in [3.05, 3.63) is 53.7 Å². The Hall–Kier alpha value is -3.77. The molecule has 3 fully saturated rings. The van der Waals surface area contributed by atoms with Crippen molar-refractivity contribution in [2.24, 2.45) is 0 Å². The van der Waals surface area contributed by atoms with Crippen LogP contribution in [0.1, 0.15) is 31.2 Å². The van der Waals surface area contributed by atoms with Gasteiger partial charge in [-0.25, -0.2) is 18.4 Å². The SMILES string of the molecule is COC(=O)n1ncc2c(NC(=O)NCc3cc(F)c(N4[C@@H]5CC[C@H]4CC4(C5)OCCO4)cc3F)cccc21. The van der Waals surface area contributed by atoms with E-state index in [1.165, 1.54) is 19.4 Å². The third-order valence-electron chi connectivity index (χ3n) is 7.57. The van der Waals surface area contributed by atoms with Crippen molar-refractivity contribution in [2.45, 2.75) is 50.1 Å². The van der Waals surface area contributed by atoms with Gasteiger partial charge in [0.15, 0.2) is 5.79 Å². The summed E-state index contributed by atoms with van der Waals surface area (Å²) in [4.78, 5) is 26.4. The van der Waals surface area contributed by atoms with Gasteiger partial charge in [-0.3, -0.25) is 0 Å². The Morgan fingerprint density at radius 1 is 1.13 bits per heavy atom. The zero-order valence-corrected chi connectivity index (χ0v) is 20.7. The van der Waals surface area contributed by atoms with Crippen LogP contribution in [0.25, 0.3) is 10.9 Å². The highest BCUT2D eigenvalue weighted by molar-refractivity contribution is 6.02. The number of halogens is 2. The number of nitrogens with zero attached hydrogens (tertiary/aromatic N) is 3. The Balaban J connectivity index is 1.13. The summed E-state index contributed by atoms with van der Waals surface area (Å²) in [6, 6.07) is 6.70. The number of carbonyl (C=O) groups is 2. The van der Waals surface area contributed by atoms with E-state index in [1.807, 2.05) is 4.90 Å². The molecule has 3 aliphatic heterocycles. The number of carbonyl (C=O) groups excluding carboxylic acids is 2. The van der Waals surface area contributed by atoms with Crippen molar-refractivity contribution >= 4 is 34.4 Å². The Morgan fingerprint density at radius 3 is 2.58 bits per heavy atom. The average molecular weight is 528 g/mol. The normalized spacial score (nSPS) is 21.7. The Bertz CT molecular complexity index is 1390. The summed E-state index contributed by atoms with van der Waals surface area (Å²) >= 11 is 0. The molecule has 2 N–H and O–H groups in total. The summed E-state index contributed by atoms with van der Waals surface area (Å²) in [5.41, 5.74) is 1.10. The fourth-order valence-electron chi connectivity index (χ4n) is 5.93. The first kappa shape index (κ1) is 24.6. The molecule has 4 heterocycles. The van der Waals surface area contributed by atoms with Gasteiger partial charge in [0.2, 0.25) is 0 Å². The van der Waals surface area contributed by atoms with Crippen LogP contribution < -0.4 is 15.5 Å². The number of methoxy groups -OCH3 is 1. The second-order valence-corrected chi connectivity index (χ2v) is 9.78. The molecule has 1 aromatic heterocycles. The van der Waals surface area contributed by atoms with E-state index in [0.717, 1.165) is 23.6 Å². The van der Waals surface area contributed by atoms with E-state index in [1.54, 1.807) is 18.2 Å². The average Bonchev–Trinajstić information content (AvgIpc) is 3.61. The van der Waals surface area contributed by atoms with Crippen LogP contribution in [0.5, 0.6) is 0 Å². The molecule has 2 amide bonds. The third kappa shape index (κ3) is 4.23. The topological polar surface area (TPSA) is 107 Å². The monoisotopic (exact) mass is 527 g/mol. The van der Waals surface area contributed by atoms with E-state index < -0.39 is 29.5 Å². The molecule has 0 saturated carbocycles. The van der Waals surface area contributed by atoms with Gasteiger partial charge in [-0.1, -0.05) is 6.07 Å². The molecule has 2 atom stereocenters. The fraction of sp³-hybridized carbons (Fsp3) is 0.423. The number of anilines is 2. The summed E-state index contributed by atoms with van der Waals surface area (Å²) in [5.74, 6) is -1.74. The third-order valence-corrected chi connectivity index (χ3v) is 7.57. The summed E-state index contributed by atoms with van der Waals surface area (Å²) in [6.45, 7) is 0.901. The maximum atomic E-state index is 15.3. The van der Waals surface area contributed by atoms with Crippen LogP contribution in [-0.4, -0.2) is 60.1 Å². The molecule has 0 unspecified atom stereocenters. The molecule has 2 aromatic carbocycles. The highest BCUT2D eigenvalue weighted by atomic mass is 19.1. The number of ether oxygens (including phenoxy) is 3. The van der Waals surface area contributed by atoms with Crippen LogP contribution in [0.4, 0.5) is 29.7 Å². The number of nitrogens with one attached hydrogen (secondary N) is 2. The number of amides is 2. The maximum absolute atomic E-state index is 15.3. The molecule has 12 heteroatoms. The molecule has 2 bridgehead atoms. The van der Waals surface area contributed by atoms with Crippen molar-refractivity contribution in [1.82, 2.24) is 15.1 Å². The van der Waals surface area contributed by atoms with Crippen LogP contribution in [0.2, 0.25) is 0 Å². The first-order valence-electron chi connectivity index (χ1n) is 12.5. The second-order valence-electron chi connectivity index (χ2n) is 9.78. The van der Waals surface area contributed by atoms with Gasteiger partial charge in [-0.05, 0) is 31.0 Å². The zero-order valence-electron chi connectivity index (χ0n) is 20.7. The summed E-state index contributed by atoms with van der Waals surface area (Å²) in [5, 5.41) is 9.73. The van der Waals surface area contributed by atoms with E-state index >= 15 is 8.78 Å². The minimum Gasteiger partial charge on any atom is -0.451 e. The molecule has 6 rings (SSSR count). The van der Waals surface area contributed by atoms with E-state index in [4.69, 9.17) is 14.2 Å². The van der Waals surface area contributed by atoms with Gasteiger partial charge in [-0.15, -0.1) is 0 Å². The van der Waals surface area contributed by atoms with Crippen molar-refractivity contribution in [1.29, 1.82) is 0 Å². The number of piperidine rings is 1. The van der Waals surface area contributed by atoms with Gasteiger partial charge in [0.1, 0.15) is 11.6 Å². The highest BCUT2D eigenvalue weighted by Crippen LogP contribution is 2.47. The van der Waals surface area contributed by atoms with Gasteiger partial charge in [0, 0.05) is 48.5 Å². The molecule has 1 spiro atoms. The van der Waals surface area contributed by atoms with Crippen LogP contribution in [0.3, 0.4) is 0 Å². The number of benzene rings is 2. The first-order valence-corrected chi connectivity index (χ1v) is 12.5. The first-order chi connectivity index (χ1) is 18.4. The molecule has 38 heavy (non-hydrogen) atoms. The molecular weight excluding hydrogens is 500 g/mol. The summed E-state index contributed by atoms with van der Waals surface area (Å²) in [6.07, 6.45) is 3.75. The second kappa shape index (κ2) is 9.52. The Morgan fingerprint density at radius 2 is 1.87 bits per heavy atom. The standard InChI is InChI=1S/C26H27F2N5O5/c1-36-25(35)33-22-4-2-3-21(18(22)14-30-33)31-24(34)29-13-15-9-20(28)23(10-19(15)27)32-16-5-6-17(32)12-26(11-16)37-7-8-38-26/h2-4,9-10,14,16-17H,5-8,11-13H2,1H3,(H2,29,31,34)/t16-,17+. The number of rotatable bonds is 4. The lowest BCUT2D eigenvalue weighted by atomic mass is 9.95. The molecule has 3 saturated heterocycles. The molecule has 0 radical (unpaired) electrons. The van der Waals surface area contributed by atoms with Crippen molar-refractivity contribution in [2.75, 3.05) is 30.5 Å². The van der Waals surface area contributed by atoms with Gasteiger partial charge in [-0.2, -0.15) is 9.78 Å². The van der Waals surface area contributed by atoms with Gasteiger partial charge in [0.25, 0.3) is 0 Å². The number of fused-ring (bicyclic) bond motifs is 3. The van der Waals surface area contributed by atoms with Crippen LogP contribution in [0, 0.1) is 11.6 Å². The zero-order chi connectivity index (χ0) is 26.4. The molecular formula is C26H27F2N5O5. The lowest BCUT2D eigenvalue weighted by Gasteiger charge is -2.44. The lowest BCUT2D eigenvalue weighted by Crippen LogP contribution is -2.52. The number of hydrogen-bond donors (Lipinski definition) is 2. The van der Waals surface area contributed by atoms with Gasteiger partial charge >= 0.3 is 12.1 Å². The molecule has 200 valence electrons. The molecule has 10 nitrogen and oxygen atoms in total. The summed E-state index contributed by atoms with van der Waals surface area (Å²) in [7, 11) is 1.24. The highest BCUT2D eigenvalue weighted by Gasteiger charge is 2.52. The van der Waals surface area contributed by atoms with Gasteiger partial charge < -0.3 is 29.7 Å². The van der Waals surface area contributed by atoms with E-state index in [0.29, 0.717) is 42.6 Å². The predicted molar refractivity (Wildman–Crippen MR) is 133 cm³/mol. The maximum Gasteiger partial charge on any atom is 0.434 e. The minimum absolute atomic E-state index is 0.0155. The summed E-state index contributed by atoms with van der Waals surface area (Å²) < 4.78 is 47.8. The number of hydrogen-bond acceptors (Lipinski definition) is 7. The van der Waals surface area contributed by atoms with E-state index in [-0.39, 0.29) is 29.9 Å². The quantitative estimate of drug-likeness (QED) is 0.526. The van der Waals surface area contributed by atoms with E-state index in [9.17, 15) is 9.59 Å². The van der Waals surface area contributed by atoms with Crippen LogP contribution in [0.15, 0.2) is 36.5 Å². The largest absolute Gasteiger partial charge is 0.451 e. The molecule has 3 aromatic rings. The predicted octanol–water partition coefficient (Wildman–Crippen LogP) is 4.13. The lowest BCUT2D eigenvalue weighted by molar-refractivity contribution is -0.177. The van der Waals surface area contributed by atoms with Crippen molar-refractivity contribution < 1.29 is 32.6 Å². The fourth-order valence-corrected chi connectivity index (χ4v) is 5.93. The smallest absolute Gasteiger partial charge is 0.434 e. The minimum atomic E-state index is -0.667. The number of aromatic nitrogens is 2. The van der Waals surface area contributed by atoms with Crippen molar-refractivity contribution in [3.8, 4) is 0 Å². The van der Waals surface area contributed by atoms with Crippen molar-refractivity contribution in [3.63, 3.8) is 0 Å². The molecule has 3 aliphatic rings. The van der Waals surface area contributed by atoms with Crippen LogP contribution in [-0.2, 0) is 20.8 Å². The van der Waals surface area contributed by atoms with E-state index in [2.05, 4.69) is 15.7 Å². The number of urea groups is 1. The Labute approximate surface area is 216 Å².